The predicted octanol–water partition coefficient (Wildman–Crippen LogP) is 6.95. The van der Waals surface area contributed by atoms with E-state index in [1.807, 2.05) is 12.1 Å². The van der Waals surface area contributed by atoms with Crippen molar-refractivity contribution in [2.45, 2.75) is 26.2 Å². The van der Waals surface area contributed by atoms with Gasteiger partial charge in [0.05, 0.1) is 21.3 Å². The third kappa shape index (κ3) is 5.26. The number of hydrogen-bond donors (Lipinski definition) is 1. The smallest absolute Gasteiger partial charge is 0.343 e. The van der Waals surface area contributed by atoms with Crippen molar-refractivity contribution in [1.29, 1.82) is 0 Å². The maximum Gasteiger partial charge on any atom is 0.343 e. The van der Waals surface area contributed by atoms with E-state index in [2.05, 4.69) is 26.1 Å². The molecule has 0 radical (unpaired) electrons. The molecular formula is C27H21Cl3N2O4. The van der Waals surface area contributed by atoms with E-state index in [1.54, 1.807) is 36.4 Å². The Balaban J connectivity index is 1.45. The number of hydrogen-bond acceptors (Lipinski definition) is 5. The molecule has 2 amide bonds. The molecule has 0 saturated heterocycles. The Morgan fingerprint density at radius 2 is 1.47 bits per heavy atom. The lowest BCUT2D eigenvalue weighted by molar-refractivity contribution is -0.120. The van der Waals surface area contributed by atoms with Crippen LogP contribution in [0, 0.1) is 0 Å². The first-order valence-corrected chi connectivity index (χ1v) is 12.0. The number of benzene rings is 3. The topological polar surface area (TPSA) is 75.7 Å². The number of carbonyl (C=O) groups excluding carboxylic acids is 3. The molecule has 0 saturated carbocycles. The number of carbonyl (C=O) groups is 3. The molecule has 1 aliphatic rings. The molecule has 0 bridgehead atoms. The zero-order chi connectivity index (χ0) is 26.2. The maximum absolute atomic E-state index is 12.9. The normalized spacial score (nSPS) is 13.9. The average Bonchev–Trinajstić information content (AvgIpc) is 3.04. The van der Waals surface area contributed by atoms with E-state index in [4.69, 9.17) is 39.5 Å². The number of nitrogens with zero attached hydrogens (tertiary/aromatic N) is 1. The van der Waals surface area contributed by atoms with Gasteiger partial charge in [-0.2, -0.15) is 0 Å². The van der Waals surface area contributed by atoms with Crippen LogP contribution in [0.25, 0.3) is 0 Å². The molecule has 1 heterocycles. The van der Waals surface area contributed by atoms with Gasteiger partial charge < -0.3 is 10.1 Å². The molecule has 0 fully saturated rings. The summed E-state index contributed by atoms with van der Waals surface area (Å²) in [5.41, 5.74) is 2.03. The number of nitrogens with one attached hydrogen (secondary N) is 1. The minimum absolute atomic E-state index is 0.00604. The van der Waals surface area contributed by atoms with Gasteiger partial charge in [0.2, 0.25) is 0 Å². The molecule has 3 aromatic rings. The molecule has 0 aliphatic carbocycles. The van der Waals surface area contributed by atoms with Gasteiger partial charge in [-0.15, -0.1) is 0 Å². The number of anilines is 2. The van der Waals surface area contributed by atoms with Crippen LogP contribution in [-0.4, -0.2) is 17.8 Å². The number of esters is 1. The van der Waals surface area contributed by atoms with Gasteiger partial charge in [0.25, 0.3) is 11.8 Å². The fraction of sp³-hybridized carbons (Fsp3) is 0.148. The lowest BCUT2D eigenvalue weighted by Gasteiger charge is -2.19. The highest BCUT2D eigenvalue weighted by atomic mass is 35.5. The van der Waals surface area contributed by atoms with Gasteiger partial charge in [0, 0.05) is 5.69 Å². The molecule has 4 rings (SSSR count). The van der Waals surface area contributed by atoms with Crippen LogP contribution < -0.4 is 15.0 Å². The van der Waals surface area contributed by atoms with Crippen molar-refractivity contribution < 1.29 is 19.1 Å². The Morgan fingerprint density at radius 1 is 0.833 bits per heavy atom. The predicted molar refractivity (Wildman–Crippen MR) is 142 cm³/mol. The summed E-state index contributed by atoms with van der Waals surface area (Å²) in [5.74, 6) is -1.43. The van der Waals surface area contributed by atoms with E-state index in [0.717, 1.165) is 10.5 Å². The molecule has 9 heteroatoms. The molecule has 1 N–H and O–H groups in total. The van der Waals surface area contributed by atoms with E-state index in [-0.39, 0.29) is 31.9 Å². The van der Waals surface area contributed by atoms with E-state index in [1.165, 1.54) is 18.2 Å². The Labute approximate surface area is 223 Å². The van der Waals surface area contributed by atoms with E-state index >= 15 is 0 Å². The molecule has 0 aromatic heterocycles. The van der Waals surface area contributed by atoms with Gasteiger partial charge in [-0.25, -0.2) is 9.69 Å². The second-order valence-corrected chi connectivity index (χ2v) is 10.3. The number of imide groups is 1. The van der Waals surface area contributed by atoms with Gasteiger partial charge in [-0.3, -0.25) is 9.59 Å². The van der Waals surface area contributed by atoms with Crippen LogP contribution >= 0.6 is 34.8 Å². The molecule has 0 atom stereocenters. The number of ether oxygens (including phenoxy) is 1. The van der Waals surface area contributed by atoms with Crippen molar-refractivity contribution in [2.75, 3.05) is 10.2 Å². The standard InChI is InChI=1S/C27H21Cl3N2O4/c1-27(2,3)16-6-11-19(12-7-16)36-26(35)15-4-8-17(9-5-15)31-23-22(30)24(33)32(25(23)34)18-10-13-20(28)21(29)14-18/h4-14,31H,1-3H3. The van der Waals surface area contributed by atoms with Gasteiger partial charge >= 0.3 is 5.97 Å². The van der Waals surface area contributed by atoms with Crippen LogP contribution in [0.4, 0.5) is 11.4 Å². The second kappa shape index (κ2) is 9.97. The fourth-order valence-electron chi connectivity index (χ4n) is 3.49. The van der Waals surface area contributed by atoms with Crippen LogP contribution in [0.15, 0.2) is 77.5 Å². The molecule has 184 valence electrons. The third-order valence-corrected chi connectivity index (χ3v) is 6.60. The van der Waals surface area contributed by atoms with Crippen LogP contribution in [0.3, 0.4) is 0 Å². The Bertz CT molecular complexity index is 1390. The van der Waals surface area contributed by atoms with Gasteiger partial charge in [0.15, 0.2) is 0 Å². The van der Waals surface area contributed by atoms with Crippen molar-refractivity contribution >= 4 is 64.0 Å². The van der Waals surface area contributed by atoms with Crippen molar-refractivity contribution in [1.82, 2.24) is 0 Å². The van der Waals surface area contributed by atoms with Crippen LogP contribution in [0.1, 0.15) is 36.7 Å². The van der Waals surface area contributed by atoms with Gasteiger partial charge in [-0.05, 0) is 65.6 Å². The molecule has 6 nitrogen and oxygen atoms in total. The quantitative estimate of drug-likeness (QED) is 0.214. The van der Waals surface area contributed by atoms with Crippen LogP contribution in [0.5, 0.6) is 5.75 Å². The Kier molecular flexibility index (Phi) is 7.14. The highest BCUT2D eigenvalue weighted by Crippen LogP contribution is 2.33. The lowest BCUT2D eigenvalue weighted by Crippen LogP contribution is -2.32. The summed E-state index contributed by atoms with van der Waals surface area (Å²) in [5, 5.41) is 3.07. The summed E-state index contributed by atoms with van der Waals surface area (Å²) < 4.78 is 5.46. The zero-order valence-corrected chi connectivity index (χ0v) is 21.8. The molecule has 0 spiro atoms. The van der Waals surface area contributed by atoms with Crippen molar-refractivity contribution in [3.8, 4) is 5.75 Å². The number of halogens is 3. The van der Waals surface area contributed by atoms with E-state index < -0.39 is 17.8 Å². The number of amides is 2. The second-order valence-electron chi connectivity index (χ2n) is 9.10. The van der Waals surface area contributed by atoms with Crippen LogP contribution in [0.2, 0.25) is 10.0 Å². The average molecular weight is 544 g/mol. The van der Waals surface area contributed by atoms with Crippen molar-refractivity contribution in [3.63, 3.8) is 0 Å². The summed E-state index contributed by atoms with van der Waals surface area (Å²) in [6.45, 7) is 6.31. The first-order chi connectivity index (χ1) is 17.0. The lowest BCUT2D eigenvalue weighted by atomic mass is 9.87. The summed E-state index contributed by atoms with van der Waals surface area (Å²) >= 11 is 18.1. The molecule has 36 heavy (non-hydrogen) atoms. The van der Waals surface area contributed by atoms with E-state index in [0.29, 0.717) is 17.0 Å². The van der Waals surface area contributed by atoms with Crippen LogP contribution in [-0.2, 0) is 15.0 Å². The molecule has 0 unspecified atom stereocenters. The van der Waals surface area contributed by atoms with Crippen molar-refractivity contribution in [2.24, 2.45) is 0 Å². The molecule has 3 aromatic carbocycles. The highest BCUT2D eigenvalue weighted by molar-refractivity contribution is 6.53. The summed E-state index contributed by atoms with van der Waals surface area (Å²) in [6.07, 6.45) is 0. The Hall–Kier alpha value is -3.32. The minimum Gasteiger partial charge on any atom is -0.423 e. The summed E-state index contributed by atoms with van der Waals surface area (Å²) in [6, 6.07) is 18.0. The van der Waals surface area contributed by atoms with Crippen molar-refractivity contribution in [3.05, 3.63) is 98.6 Å². The fourth-order valence-corrected chi connectivity index (χ4v) is 4.00. The van der Waals surface area contributed by atoms with Gasteiger partial charge in [-0.1, -0.05) is 67.7 Å². The summed E-state index contributed by atoms with van der Waals surface area (Å²) in [7, 11) is 0. The minimum atomic E-state index is -0.694. The highest BCUT2D eigenvalue weighted by Gasteiger charge is 2.39. The monoisotopic (exact) mass is 542 g/mol. The molecular weight excluding hydrogens is 523 g/mol. The number of rotatable bonds is 5. The Morgan fingerprint density at radius 3 is 2.06 bits per heavy atom. The first kappa shape index (κ1) is 25.8. The van der Waals surface area contributed by atoms with Gasteiger partial charge in [0.1, 0.15) is 16.5 Å². The zero-order valence-electron chi connectivity index (χ0n) is 19.6. The summed E-state index contributed by atoms with van der Waals surface area (Å²) in [4.78, 5) is 39.0. The SMILES string of the molecule is CC(C)(C)c1ccc(OC(=O)c2ccc(NC3=C(Cl)C(=O)N(c4ccc(Cl)c(Cl)c4)C3=O)cc2)cc1. The largest absolute Gasteiger partial charge is 0.423 e. The van der Waals surface area contributed by atoms with E-state index in [9.17, 15) is 14.4 Å². The third-order valence-electron chi connectivity index (χ3n) is 5.51. The first-order valence-electron chi connectivity index (χ1n) is 10.9. The maximum atomic E-state index is 12.9. The molecule has 1 aliphatic heterocycles.